The zero-order valence-corrected chi connectivity index (χ0v) is 18.8. The number of nitrogens with two attached hydrogens (primary N) is 1. The van der Waals surface area contributed by atoms with Gasteiger partial charge in [0.1, 0.15) is 24.5 Å². The maximum atomic E-state index is 12.8. The minimum atomic E-state index is -0.601. The molecule has 8 heteroatoms. The monoisotopic (exact) mass is 460 g/mol. The Morgan fingerprint density at radius 1 is 0.882 bits per heavy atom. The van der Waals surface area contributed by atoms with Crippen molar-refractivity contribution in [1.82, 2.24) is 4.73 Å². The van der Waals surface area contributed by atoms with E-state index in [2.05, 4.69) is 0 Å². The molecule has 1 aromatic heterocycles. The van der Waals surface area contributed by atoms with Crippen LogP contribution in [0.1, 0.15) is 31.8 Å². The molecule has 4 rings (SSSR count). The summed E-state index contributed by atoms with van der Waals surface area (Å²) < 4.78 is 17.8. The van der Waals surface area contributed by atoms with Crippen molar-refractivity contribution >= 4 is 22.8 Å². The van der Waals surface area contributed by atoms with Gasteiger partial charge < -0.3 is 24.8 Å². The number of carbonyl (C=O) groups is 2. The van der Waals surface area contributed by atoms with E-state index in [4.69, 9.17) is 24.8 Å². The van der Waals surface area contributed by atoms with Crippen LogP contribution in [0.3, 0.4) is 0 Å². The molecule has 2 N–H and O–H groups in total. The summed E-state index contributed by atoms with van der Waals surface area (Å²) in [6.07, 6.45) is 0. The van der Waals surface area contributed by atoms with Gasteiger partial charge in [0.25, 0.3) is 0 Å². The van der Waals surface area contributed by atoms with Crippen molar-refractivity contribution in [3.8, 4) is 11.6 Å². The second-order valence-electron chi connectivity index (χ2n) is 7.46. The summed E-state index contributed by atoms with van der Waals surface area (Å²) in [5.41, 5.74) is 8.13. The van der Waals surface area contributed by atoms with Crippen molar-refractivity contribution in [2.24, 2.45) is 5.73 Å². The van der Waals surface area contributed by atoms with E-state index in [1.165, 1.54) is 11.8 Å². The SMILES string of the molecule is COC(=O)c1c(OCc2cccc(OC)c2)n(OCc2ccccc2)c2cc(C(N)=O)ccc12. The van der Waals surface area contributed by atoms with Crippen LogP contribution in [0.15, 0.2) is 72.8 Å². The molecule has 1 amide bonds. The second-order valence-corrected chi connectivity index (χ2v) is 7.46. The van der Waals surface area contributed by atoms with Crippen molar-refractivity contribution in [3.05, 3.63) is 95.1 Å². The van der Waals surface area contributed by atoms with Crippen molar-refractivity contribution in [2.45, 2.75) is 13.2 Å². The molecule has 0 saturated heterocycles. The first-order valence-corrected chi connectivity index (χ1v) is 10.5. The third-order valence-corrected chi connectivity index (χ3v) is 5.27. The number of ether oxygens (including phenoxy) is 3. The lowest BCUT2D eigenvalue weighted by atomic mass is 10.1. The van der Waals surface area contributed by atoms with Gasteiger partial charge >= 0.3 is 5.97 Å². The van der Waals surface area contributed by atoms with E-state index in [-0.39, 0.29) is 30.2 Å². The summed E-state index contributed by atoms with van der Waals surface area (Å²) in [5, 5.41) is 0.505. The molecule has 1 heterocycles. The average molecular weight is 460 g/mol. The Morgan fingerprint density at radius 3 is 2.35 bits per heavy atom. The zero-order chi connectivity index (χ0) is 24.1. The molecule has 0 spiro atoms. The Balaban J connectivity index is 1.81. The molecule has 0 aliphatic heterocycles. The fourth-order valence-electron chi connectivity index (χ4n) is 3.58. The first kappa shape index (κ1) is 22.7. The summed E-state index contributed by atoms with van der Waals surface area (Å²) >= 11 is 0. The highest BCUT2D eigenvalue weighted by molar-refractivity contribution is 6.08. The second kappa shape index (κ2) is 9.99. The van der Waals surface area contributed by atoms with Crippen LogP contribution in [-0.2, 0) is 18.0 Å². The van der Waals surface area contributed by atoms with Crippen LogP contribution in [-0.4, -0.2) is 30.8 Å². The predicted octanol–water partition coefficient (Wildman–Crippen LogP) is 3.74. The molecule has 174 valence electrons. The minimum Gasteiger partial charge on any atom is -0.497 e. The molecule has 0 saturated carbocycles. The predicted molar refractivity (Wildman–Crippen MR) is 126 cm³/mol. The number of hydrogen-bond acceptors (Lipinski definition) is 6. The van der Waals surface area contributed by atoms with Crippen LogP contribution < -0.4 is 20.0 Å². The third-order valence-electron chi connectivity index (χ3n) is 5.27. The van der Waals surface area contributed by atoms with E-state index < -0.39 is 11.9 Å². The minimum absolute atomic E-state index is 0.134. The molecular weight excluding hydrogens is 436 g/mol. The van der Waals surface area contributed by atoms with Crippen molar-refractivity contribution < 1.29 is 28.6 Å². The number of hydrogen-bond donors (Lipinski definition) is 1. The summed E-state index contributed by atoms with van der Waals surface area (Å²) in [5.74, 6) is -0.362. The fourth-order valence-corrected chi connectivity index (χ4v) is 3.58. The number of primary amides is 1. The Hall–Kier alpha value is -4.46. The molecule has 0 atom stereocenters. The van der Waals surface area contributed by atoms with Gasteiger partial charge in [0.2, 0.25) is 11.8 Å². The Labute approximate surface area is 196 Å². The van der Waals surface area contributed by atoms with E-state index in [1.807, 2.05) is 54.6 Å². The van der Waals surface area contributed by atoms with Gasteiger partial charge in [0.15, 0.2) is 0 Å². The van der Waals surface area contributed by atoms with E-state index in [9.17, 15) is 9.59 Å². The summed E-state index contributed by atoms with van der Waals surface area (Å²) in [6.45, 7) is 0.330. The Morgan fingerprint density at radius 2 is 1.65 bits per heavy atom. The number of methoxy groups -OCH3 is 2. The van der Waals surface area contributed by atoms with Crippen molar-refractivity contribution in [1.29, 1.82) is 0 Å². The molecule has 34 heavy (non-hydrogen) atoms. The number of aromatic nitrogens is 1. The van der Waals surface area contributed by atoms with Crippen LogP contribution in [0, 0.1) is 0 Å². The fraction of sp³-hybridized carbons (Fsp3) is 0.154. The molecule has 0 radical (unpaired) electrons. The first-order chi connectivity index (χ1) is 16.5. The largest absolute Gasteiger partial charge is 0.497 e. The van der Waals surface area contributed by atoms with Crippen LogP contribution in [0.5, 0.6) is 11.6 Å². The first-order valence-electron chi connectivity index (χ1n) is 10.5. The number of carbonyl (C=O) groups excluding carboxylic acids is 2. The highest BCUT2D eigenvalue weighted by Crippen LogP contribution is 2.34. The highest BCUT2D eigenvalue weighted by Gasteiger charge is 2.27. The molecule has 3 aromatic carbocycles. The van der Waals surface area contributed by atoms with E-state index in [0.717, 1.165) is 11.1 Å². The van der Waals surface area contributed by atoms with Crippen molar-refractivity contribution in [3.63, 3.8) is 0 Å². The lowest BCUT2D eigenvalue weighted by Crippen LogP contribution is -2.15. The number of esters is 1. The molecule has 0 fully saturated rings. The van der Waals surface area contributed by atoms with Gasteiger partial charge in [-0.2, -0.15) is 0 Å². The van der Waals surface area contributed by atoms with Crippen LogP contribution in [0.25, 0.3) is 10.9 Å². The van der Waals surface area contributed by atoms with E-state index >= 15 is 0 Å². The zero-order valence-electron chi connectivity index (χ0n) is 18.8. The molecule has 8 nitrogen and oxygen atoms in total. The average Bonchev–Trinajstić information content (AvgIpc) is 3.18. The topological polar surface area (TPSA) is 102 Å². The highest BCUT2D eigenvalue weighted by atomic mass is 16.7. The molecule has 0 aliphatic rings. The van der Waals surface area contributed by atoms with E-state index in [1.54, 1.807) is 25.3 Å². The smallest absolute Gasteiger partial charge is 0.344 e. The molecule has 4 aromatic rings. The number of amides is 1. The normalized spacial score (nSPS) is 10.6. The quantitative estimate of drug-likeness (QED) is 0.382. The third kappa shape index (κ3) is 4.66. The Kier molecular flexibility index (Phi) is 6.68. The number of benzene rings is 3. The Bertz CT molecular complexity index is 1330. The maximum Gasteiger partial charge on any atom is 0.344 e. The molecular formula is C26H24N2O6. The van der Waals surface area contributed by atoms with Gasteiger partial charge in [-0.1, -0.05) is 48.5 Å². The summed E-state index contributed by atoms with van der Waals surface area (Å²) in [7, 11) is 2.88. The van der Waals surface area contributed by atoms with Crippen LogP contribution in [0.2, 0.25) is 0 Å². The number of rotatable bonds is 9. The lowest BCUT2D eigenvalue weighted by Gasteiger charge is -2.14. The van der Waals surface area contributed by atoms with Gasteiger partial charge in [0.05, 0.1) is 19.7 Å². The van der Waals surface area contributed by atoms with Gasteiger partial charge in [0, 0.05) is 10.9 Å². The summed E-state index contributed by atoms with van der Waals surface area (Å²) in [6, 6.07) is 21.7. The van der Waals surface area contributed by atoms with Crippen molar-refractivity contribution in [2.75, 3.05) is 14.2 Å². The van der Waals surface area contributed by atoms with Gasteiger partial charge in [-0.15, -0.1) is 4.73 Å². The van der Waals surface area contributed by atoms with Gasteiger partial charge in [-0.3, -0.25) is 4.79 Å². The number of fused-ring (bicyclic) bond motifs is 1. The molecule has 0 unspecified atom stereocenters. The maximum absolute atomic E-state index is 12.8. The number of nitrogens with zero attached hydrogens (tertiary/aromatic N) is 1. The molecule has 0 aliphatic carbocycles. The van der Waals surface area contributed by atoms with Gasteiger partial charge in [-0.05, 0) is 35.4 Å². The standard InChI is InChI=1S/C26H24N2O6/c1-31-20-10-6-9-18(13-20)15-33-25-23(26(30)32-2)21-12-11-19(24(27)29)14-22(21)28(25)34-16-17-7-4-3-5-8-17/h3-14H,15-16H2,1-2H3,(H2,27,29). The molecule has 0 bridgehead atoms. The van der Waals surface area contributed by atoms with E-state index in [0.29, 0.717) is 16.7 Å². The van der Waals surface area contributed by atoms with Crippen LogP contribution in [0.4, 0.5) is 0 Å². The van der Waals surface area contributed by atoms with Gasteiger partial charge in [-0.25, -0.2) is 4.79 Å². The summed E-state index contributed by atoms with van der Waals surface area (Å²) in [4.78, 5) is 30.7. The van der Waals surface area contributed by atoms with Crippen LogP contribution >= 0.6 is 0 Å². The lowest BCUT2D eigenvalue weighted by molar-refractivity contribution is 0.0570.